The number of nitriles is 1. The topological polar surface area (TPSA) is 62.1 Å². The number of fused-ring (bicyclic) bond motifs is 3. The van der Waals surface area contributed by atoms with Crippen LogP contribution in [0.25, 0.3) is 11.1 Å². The highest BCUT2D eigenvalue weighted by Crippen LogP contribution is 2.44. The van der Waals surface area contributed by atoms with Crippen LogP contribution in [0.15, 0.2) is 66.7 Å². The molecule has 0 heterocycles. The van der Waals surface area contributed by atoms with Crippen LogP contribution in [0, 0.1) is 23.2 Å². The second kappa shape index (κ2) is 8.74. The number of nitrogens with one attached hydrogen (secondary N) is 1. The van der Waals surface area contributed by atoms with Gasteiger partial charge in [0.2, 0.25) is 0 Å². The monoisotopic (exact) mass is 412 g/mol. The van der Waals surface area contributed by atoms with E-state index in [2.05, 4.69) is 41.4 Å². The Morgan fingerprint density at radius 2 is 1.63 bits per heavy atom. The third kappa shape index (κ3) is 4.15. The summed E-state index contributed by atoms with van der Waals surface area (Å²) in [5.41, 5.74) is 5.77. The van der Waals surface area contributed by atoms with Gasteiger partial charge in [-0.05, 0) is 40.5 Å². The summed E-state index contributed by atoms with van der Waals surface area (Å²) < 4.78 is 5.47. The average Bonchev–Trinajstić information content (AvgIpc) is 3.09. The number of hydrogen-bond donors (Lipinski definition) is 1. The first kappa shape index (κ1) is 19.6. The van der Waals surface area contributed by atoms with Crippen LogP contribution in [-0.2, 0) is 4.74 Å². The number of hydrogen-bond acceptors (Lipinski definition) is 3. The minimum Gasteiger partial charge on any atom is -0.449 e. The Bertz CT molecular complexity index is 1170. The molecular weight excluding hydrogens is 396 g/mol. The summed E-state index contributed by atoms with van der Waals surface area (Å²) in [6.07, 6.45) is -0.519. The van der Waals surface area contributed by atoms with E-state index >= 15 is 0 Å². The van der Waals surface area contributed by atoms with E-state index in [1.165, 1.54) is 22.3 Å². The number of carbonyl (C=O) groups excluding carboxylic acids is 1. The minimum absolute atomic E-state index is 0.0186. The number of nitrogens with zero attached hydrogens (tertiary/aromatic N) is 1. The Kier molecular flexibility index (Phi) is 5.70. The van der Waals surface area contributed by atoms with Crippen LogP contribution in [0.3, 0.4) is 0 Å². The number of benzene rings is 3. The first-order valence-electron chi connectivity index (χ1n) is 9.44. The van der Waals surface area contributed by atoms with Crippen molar-refractivity contribution in [2.45, 2.75) is 5.92 Å². The van der Waals surface area contributed by atoms with E-state index in [1.807, 2.05) is 30.3 Å². The Hall–Kier alpha value is -3.73. The quantitative estimate of drug-likeness (QED) is 0.608. The van der Waals surface area contributed by atoms with Crippen molar-refractivity contribution in [2.75, 3.05) is 13.2 Å². The maximum Gasteiger partial charge on any atom is 0.407 e. The lowest BCUT2D eigenvalue weighted by atomic mass is 9.98. The van der Waals surface area contributed by atoms with E-state index in [0.717, 1.165) is 0 Å². The summed E-state index contributed by atoms with van der Waals surface area (Å²) in [5, 5.41) is 12.1. The minimum atomic E-state index is -0.519. The molecule has 0 radical (unpaired) electrons. The van der Waals surface area contributed by atoms with Gasteiger partial charge in [-0.2, -0.15) is 5.26 Å². The van der Waals surface area contributed by atoms with Gasteiger partial charge in [0.25, 0.3) is 0 Å². The Morgan fingerprint density at radius 3 is 2.30 bits per heavy atom. The van der Waals surface area contributed by atoms with Gasteiger partial charge in [-0.3, -0.25) is 0 Å². The summed E-state index contributed by atoms with van der Waals surface area (Å²) in [4.78, 5) is 12.1. The smallest absolute Gasteiger partial charge is 0.407 e. The van der Waals surface area contributed by atoms with Crippen LogP contribution in [0.4, 0.5) is 4.79 Å². The molecular formula is C25H17ClN2O2. The zero-order chi connectivity index (χ0) is 20.9. The van der Waals surface area contributed by atoms with E-state index in [1.54, 1.807) is 18.2 Å². The van der Waals surface area contributed by atoms with Gasteiger partial charge in [-0.1, -0.05) is 72.0 Å². The second-order valence-electron chi connectivity index (χ2n) is 6.82. The van der Waals surface area contributed by atoms with Gasteiger partial charge in [0, 0.05) is 16.5 Å². The second-order valence-corrected chi connectivity index (χ2v) is 7.26. The fourth-order valence-corrected chi connectivity index (χ4v) is 3.87. The molecule has 1 amide bonds. The molecule has 30 heavy (non-hydrogen) atoms. The van der Waals surface area contributed by atoms with Crippen molar-refractivity contribution in [1.82, 2.24) is 5.32 Å². The summed E-state index contributed by atoms with van der Waals surface area (Å²) in [6, 6.07) is 23.3. The third-order valence-corrected chi connectivity index (χ3v) is 5.14. The number of rotatable bonds is 3. The van der Waals surface area contributed by atoms with Gasteiger partial charge in [0.1, 0.15) is 6.61 Å². The maximum atomic E-state index is 12.1. The van der Waals surface area contributed by atoms with Crippen molar-refractivity contribution in [1.29, 1.82) is 5.26 Å². The van der Waals surface area contributed by atoms with Crippen LogP contribution < -0.4 is 5.32 Å². The molecule has 0 aromatic heterocycles. The van der Waals surface area contributed by atoms with E-state index in [-0.39, 0.29) is 19.1 Å². The molecule has 4 rings (SSSR count). The largest absolute Gasteiger partial charge is 0.449 e. The molecule has 1 aliphatic rings. The highest BCUT2D eigenvalue weighted by Gasteiger charge is 2.28. The Balaban J connectivity index is 1.35. The molecule has 4 nitrogen and oxygen atoms in total. The molecule has 0 saturated heterocycles. The summed E-state index contributed by atoms with van der Waals surface area (Å²) in [6.45, 7) is 0.387. The zero-order valence-corrected chi connectivity index (χ0v) is 16.7. The highest BCUT2D eigenvalue weighted by atomic mass is 35.5. The Morgan fingerprint density at radius 1 is 1.00 bits per heavy atom. The molecule has 0 bridgehead atoms. The van der Waals surface area contributed by atoms with Crippen LogP contribution in [0.1, 0.15) is 28.2 Å². The summed E-state index contributed by atoms with van der Waals surface area (Å²) in [5.74, 6) is 5.74. The third-order valence-electron chi connectivity index (χ3n) is 4.92. The van der Waals surface area contributed by atoms with Gasteiger partial charge in [-0.15, -0.1) is 0 Å². The number of halogens is 1. The highest BCUT2D eigenvalue weighted by molar-refractivity contribution is 6.30. The number of amides is 1. The van der Waals surface area contributed by atoms with Crippen molar-refractivity contribution in [2.24, 2.45) is 0 Å². The molecule has 3 aromatic rings. The zero-order valence-electron chi connectivity index (χ0n) is 16.0. The van der Waals surface area contributed by atoms with Gasteiger partial charge in [-0.25, -0.2) is 4.79 Å². The van der Waals surface area contributed by atoms with Crippen LogP contribution >= 0.6 is 11.6 Å². The molecule has 5 heteroatoms. The molecule has 0 aliphatic heterocycles. The van der Waals surface area contributed by atoms with E-state index in [9.17, 15) is 4.79 Å². The lowest BCUT2D eigenvalue weighted by Crippen LogP contribution is -2.26. The van der Waals surface area contributed by atoms with Crippen LogP contribution in [-0.4, -0.2) is 19.2 Å². The average molecular weight is 413 g/mol. The normalized spacial score (nSPS) is 11.5. The maximum absolute atomic E-state index is 12.1. The van der Waals surface area contributed by atoms with Gasteiger partial charge >= 0.3 is 6.09 Å². The van der Waals surface area contributed by atoms with E-state index < -0.39 is 6.09 Å². The Labute approximate surface area is 180 Å². The van der Waals surface area contributed by atoms with Crippen LogP contribution in [0.5, 0.6) is 0 Å². The van der Waals surface area contributed by atoms with Gasteiger partial charge in [0.15, 0.2) is 0 Å². The van der Waals surface area contributed by atoms with Crippen molar-refractivity contribution in [3.05, 3.63) is 94.0 Å². The van der Waals surface area contributed by atoms with Crippen molar-refractivity contribution in [3.8, 4) is 29.0 Å². The predicted molar refractivity (Wildman–Crippen MR) is 116 cm³/mol. The fourth-order valence-electron chi connectivity index (χ4n) is 3.64. The first-order valence-corrected chi connectivity index (χ1v) is 9.82. The van der Waals surface area contributed by atoms with Crippen molar-refractivity contribution < 1.29 is 9.53 Å². The van der Waals surface area contributed by atoms with E-state index in [4.69, 9.17) is 21.6 Å². The molecule has 146 valence electrons. The SMILES string of the molecule is N#Cc1cc(Cl)cc(C#CCNC(=O)OCC2c3ccccc3-c3ccccc32)c1. The lowest BCUT2D eigenvalue weighted by molar-refractivity contribution is 0.144. The number of carbonyl (C=O) groups is 1. The predicted octanol–water partition coefficient (Wildman–Crippen LogP) is 5.10. The number of alkyl carbamates (subject to hydrolysis) is 1. The molecule has 0 unspecified atom stereocenters. The van der Waals surface area contributed by atoms with Gasteiger partial charge in [0.05, 0.1) is 18.2 Å². The number of ether oxygens (including phenoxy) is 1. The summed E-state index contributed by atoms with van der Waals surface area (Å²) >= 11 is 5.96. The van der Waals surface area contributed by atoms with Gasteiger partial charge < -0.3 is 10.1 Å². The molecule has 1 aliphatic carbocycles. The first-order chi connectivity index (χ1) is 14.7. The fraction of sp³-hybridized carbons (Fsp3) is 0.120. The molecule has 1 N–H and O–H groups in total. The summed E-state index contributed by atoms with van der Waals surface area (Å²) in [7, 11) is 0. The molecule has 0 atom stereocenters. The van der Waals surface area contributed by atoms with Crippen molar-refractivity contribution in [3.63, 3.8) is 0 Å². The lowest BCUT2D eigenvalue weighted by Gasteiger charge is -2.14. The molecule has 0 saturated carbocycles. The standard InChI is InChI=1S/C25H17ClN2O2/c26-19-13-17(12-18(14-19)15-27)6-5-11-28-25(29)30-16-24-22-9-3-1-7-20(22)21-8-2-4-10-23(21)24/h1-4,7-10,12-14,24H,11,16H2,(H,28,29). The molecule has 3 aromatic carbocycles. The molecule has 0 fully saturated rings. The van der Waals surface area contributed by atoms with Crippen molar-refractivity contribution >= 4 is 17.7 Å². The van der Waals surface area contributed by atoms with Crippen LogP contribution in [0.2, 0.25) is 5.02 Å². The molecule has 0 spiro atoms. The van der Waals surface area contributed by atoms with E-state index in [0.29, 0.717) is 16.1 Å².